The summed E-state index contributed by atoms with van der Waals surface area (Å²) in [5.74, 6) is -2.13. The van der Waals surface area contributed by atoms with Gasteiger partial charge in [0.25, 0.3) is 0 Å². The summed E-state index contributed by atoms with van der Waals surface area (Å²) in [6.45, 7) is 4.48. The topological polar surface area (TPSA) is 74.6 Å². The third-order valence-electron chi connectivity index (χ3n) is 5.32. The van der Waals surface area contributed by atoms with Gasteiger partial charge in [-0.3, -0.25) is 9.59 Å². The molecule has 26 heavy (non-hydrogen) atoms. The molecule has 0 radical (unpaired) electrons. The van der Waals surface area contributed by atoms with E-state index in [9.17, 15) is 9.59 Å². The van der Waals surface area contributed by atoms with Gasteiger partial charge in [0.2, 0.25) is 0 Å². The van der Waals surface area contributed by atoms with Crippen LogP contribution in [-0.2, 0) is 9.59 Å². The number of aliphatic carboxylic acids is 2. The Balaban J connectivity index is 3.47. The van der Waals surface area contributed by atoms with E-state index in [2.05, 4.69) is 13.8 Å². The van der Waals surface area contributed by atoms with Crippen LogP contribution in [0.25, 0.3) is 0 Å². The maximum absolute atomic E-state index is 11.0. The Morgan fingerprint density at radius 3 is 1.62 bits per heavy atom. The minimum Gasteiger partial charge on any atom is -0.481 e. The normalized spacial score (nSPS) is 13.5. The zero-order chi connectivity index (χ0) is 19.6. The number of hydrogen-bond donors (Lipinski definition) is 2. The number of unbranched alkanes of at least 4 members (excludes halogenated alkanes) is 10. The van der Waals surface area contributed by atoms with Crippen molar-refractivity contribution in [2.24, 2.45) is 11.8 Å². The van der Waals surface area contributed by atoms with Crippen LogP contribution in [0, 0.1) is 11.8 Å². The van der Waals surface area contributed by atoms with Crippen molar-refractivity contribution in [3.63, 3.8) is 0 Å². The maximum atomic E-state index is 11.0. The number of carboxylic acid groups (broad SMARTS) is 2. The van der Waals surface area contributed by atoms with E-state index in [1.807, 2.05) is 0 Å². The molecule has 0 aliphatic rings. The lowest BCUT2D eigenvalue weighted by Crippen LogP contribution is -2.18. The summed E-state index contributed by atoms with van der Waals surface area (Å²) in [5, 5.41) is 17.8. The molecule has 4 nitrogen and oxygen atoms in total. The molecule has 2 unspecified atom stereocenters. The molecule has 0 aromatic carbocycles. The molecule has 0 spiro atoms. The predicted molar refractivity (Wildman–Crippen MR) is 107 cm³/mol. The van der Waals surface area contributed by atoms with Crippen LogP contribution in [0.2, 0.25) is 0 Å². The molecule has 2 atom stereocenters. The van der Waals surface area contributed by atoms with Gasteiger partial charge in [0.15, 0.2) is 0 Å². The largest absolute Gasteiger partial charge is 0.481 e. The fraction of sp³-hybridized carbons (Fsp3) is 0.909. The number of hydrogen-bond acceptors (Lipinski definition) is 2. The van der Waals surface area contributed by atoms with E-state index in [1.165, 1.54) is 77.0 Å². The Morgan fingerprint density at radius 2 is 1.15 bits per heavy atom. The molecule has 2 N–H and O–H groups in total. The van der Waals surface area contributed by atoms with Crippen LogP contribution < -0.4 is 0 Å². The van der Waals surface area contributed by atoms with Gasteiger partial charge in [-0.15, -0.1) is 0 Å². The van der Waals surface area contributed by atoms with Gasteiger partial charge < -0.3 is 10.2 Å². The highest BCUT2D eigenvalue weighted by atomic mass is 16.4. The van der Waals surface area contributed by atoms with E-state index in [0.717, 1.165) is 12.8 Å². The van der Waals surface area contributed by atoms with E-state index < -0.39 is 17.9 Å². The lowest BCUT2D eigenvalue weighted by Gasteiger charge is -2.13. The van der Waals surface area contributed by atoms with Crippen LogP contribution in [0.5, 0.6) is 0 Å². The van der Waals surface area contributed by atoms with E-state index in [-0.39, 0.29) is 6.42 Å². The molecule has 4 heteroatoms. The fourth-order valence-electron chi connectivity index (χ4n) is 3.54. The molecule has 0 amide bonds. The van der Waals surface area contributed by atoms with Crippen LogP contribution in [-0.4, -0.2) is 22.2 Å². The first kappa shape index (κ1) is 24.9. The average Bonchev–Trinajstić information content (AvgIpc) is 2.58. The summed E-state index contributed by atoms with van der Waals surface area (Å²) >= 11 is 0. The van der Waals surface area contributed by atoms with Crippen molar-refractivity contribution < 1.29 is 19.8 Å². The molecule has 0 aromatic rings. The van der Waals surface area contributed by atoms with Gasteiger partial charge in [-0.05, 0) is 12.3 Å². The molecule has 0 bridgehead atoms. The van der Waals surface area contributed by atoms with Crippen LogP contribution in [0.3, 0.4) is 0 Å². The van der Waals surface area contributed by atoms with E-state index in [4.69, 9.17) is 10.2 Å². The summed E-state index contributed by atoms with van der Waals surface area (Å²) in [7, 11) is 0. The Morgan fingerprint density at radius 1 is 0.692 bits per heavy atom. The summed E-state index contributed by atoms with van der Waals surface area (Å²) in [4.78, 5) is 21.7. The zero-order valence-electron chi connectivity index (χ0n) is 17.2. The summed E-state index contributed by atoms with van der Waals surface area (Å²) in [5.41, 5.74) is 0. The van der Waals surface area contributed by atoms with E-state index >= 15 is 0 Å². The highest BCUT2D eigenvalue weighted by molar-refractivity contribution is 5.77. The summed E-state index contributed by atoms with van der Waals surface area (Å²) in [6, 6.07) is 0. The highest BCUT2D eigenvalue weighted by Gasteiger charge is 2.20. The first-order chi connectivity index (χ1) is 12.5. The van der Waals surface area contributed by atoms with Gasteiger partial charge in [0, 0.05) is 0 Å². The van der Waals surface area contributed by atoms with Gasteiger partial charge in [-0.1, -0.05) is 104 Å². The number of rotatable bonds is 19. The van der Waals surface area contributed by atoms with Crippen molar-refractivity contribution in [3.8, 4) is 0 Å². The van der Waals surface area contributed by atoms with Crippen molar-refractivity contribution in [3.05, 3.63) is 0 Å². The molecule has 0 aliphatic carbocycles. The van der Waals surface area contributed by atoms with Crippen molar-refractivity contribution in [1.82, 2.24) is 0 Å². The van der Waals surface area contributed by atoms with Crippen molar-refractivity contribution in [1.29, 1.82) is 0 Å². The first-order valence-corrected chi connectivity index (χ1v) is 10.9. The number of carbonyl (C=O) groups is 2. The quantitative estimate of drug-likeness (QED) is 0.249. The van der Waals surface area contributed by atoms with Gasteiger partial charge >= 0.3 is 11.9 Å². The second-order valence-electron chi connectivity index (χ2n) is 7.99. The Kier molecular flexibility index (Phi) is 16.7. The average molecular weight is 371 g/mol. The lowest BCUT2D eigenvalue weighted by molar-refractivity contribution is -0.148. The molecule has 0 saturated heterocycles. The minimum atomic E-state index is -1.02. The molecule has 0 fully saturated rings. The van der Waals surface area contributed by atoms with Gasteiger partial charge in [0.1, 0.15) is 0 Å². The van der Waals surface area contributed by atoms with Crippen LogP contribution in [0.1, 0.15) is 117 Å². The lowest BCUT2D eigenvalue weighted by atomic mass is 9.92. The Labute approximate surface area is 160 Å². The molecule has 154 valence electrons. The van der Waals surface area contributed by atoms with Crippen molar-refractivity contribution in [2.45, 2.75) is 117 Å². The Bertz CT molecular complexity index is 354. The van der Waals surface area contributed by atoms with Gasteiger partial charge in [-0.2, -0.15) is 0 Å². The molecular weight excluding hydrogens is 328 g/mol. The van der Waals surface area contributed by atoms with Gasteiger partial charge in [-0.25, -0.2) is 0 Å². The SMILES string of the molecule is CCCCCCCCCCCCCC(C)CCCC(CC(=O)O)C(=O)O. The molecular formula is C22H42O4. The standard InChI is InChI=1S/C22H42O4/c1-3-4-5-6-7-8-9-10-11-12-13-15-19(2)16-14-17-20(22(25)26)18-21(23)24/h19-20H,3-18H2,1-2H3,(H,23,24)(H,25,26). The molecule has 0 aromatic heterocycles. The predicted octanol–water partition coefficient (Wildman–Crippen LogP) is 6.67. The maximum Gasteiger partial charge on any atom is 0.307 e. The van der Waals surface area contributed by atoms with Crippen molar-refractivity contribution in [2.75, 3.05) is 0 Å². The second-order valence-corrected chi connectivity index (χ2v) is 7.99. The fourth-order valence-corrected chi connectivity index (χ4v) is 3.54. The third kappa shape index (κ3) is 16.4. The number of carboxylic acids is 2. The Hall–Kier alpha value is -1.06. The molecule has 0 heterocycles. The summed E-state index contributed by atoms with van der Waals surface area (Å²) < 4.78 is 0. The monoisotopic (exact) mass is 370 g/mol. The molecule has 0 saturated carbocycles. The van der Waals surface area contributed by atoms with Crippen molar-refractivity contribution >= 4 is 11.9 Å². The summed E-state index contributed by atoms with van der Waals surface area (Å²) in [6.07, 6.45) is 18.2. The van der Waals surface area contributed by atoms with Crippen LogP contribution in [0.15, 0.2) is 0 Å². The molecule has 0 aliphatic heterocycles. The van der Waals surface area contributed by atoms with Gasteiger partial charge in [0.05, 0.1) is 12.3 Å². The second kappa shape index (κ2) is 17.4. The van der Waals surface area contributed by atoms with Crippen LogP contribution >= 0.6 is 0 Å². The first-order valence-electron chi connectivity index (χ1n) is 10.9. The van der Waals surface area contributed by atoms with E-state index in [0.29, 0.717) is 12.3 Å². The highest BCUT2D eigenvalue weighted by Crippen LogP contribution is 2.20. The van der Waals surface area contributed by atoms with E-state index in [1.54, 1.807) is 0 Å². The zero-order valence-corrected chi connectivity index (χ0v) is 17.2. The third-order valence-corrected chi connectivity index (χ3v) is 5.32. The smallest absolute Gasteiger partial charge is 0.307 e. The van der Waals surface area contributed by atoms with Crippen LogP contribution in [0.4, 0.5) is 0 Å². The minimum absolute atomic E-state index is 0.262. The molecule has 0 rings (SSSR count).